The van der Waals surface area contributed by atoms with Crippen molar-refractivity contribution < 1.29 is 9.53 Å². The van der Waals surface area contributed by atoms with E-state index in [1.807, 2.05) is 0 Å². The van der Waals surface area contributed by atoms with Gasteiger partial charge in [-0.25, -0.2) is 9.78 Å². The summed E-state index contributed by atoms with van der Waals surface area (Å²) in [6, 6.07) is 3.89. The third-order valence-electron chi connectivity index (χ3n) is 4.15. The van der Waals surface area contributed by atoms with Gasteiger partial charge in [0.1, 0.15) is 11.4 Å². The zero-order valence-electron chi connectivity index (χ0n) is 11.8. The van der Waals surface area contributed by atoms with Crippen molar-refractivity contribution in [2.45, 2.75) is 39.2 Å². The molecule has 0 bridgehead atoms. The maximum Gasteiger partial charge on any atom is 0.341 e. The molecule has 19 heavy (non-hydrogen) atoms. The standard InChI is InChI=1S/C15H22N2O2/c1-10-6-7-12(9-11(10)2)17-14-13(15(18)19-3)5-4-8-16-14/h4-5,8,10-12H,6-7,9H2,1-3H3,(H,16,17). The highest BCUT2D eigenvalue weighted by atomic mass is 16.5. The van der Waals surface area contributed by atoms with Crippen LogP contribution in [-0.4, -0.2) is 24.1 Å². The molecule has 1 aromatic heterocycles. The van der Waals surface area contributed by atoms with Crippen LogP contribution in [0.1, 0.15) is 43.5 Å². The largest absolute Gasteiger partial charge is 0.465 e. The van der Waals surface area contributed by atoms with Gasteiger partial charge in [-0.15, -0.1) is 0 Å². The van der Waals surface area contributed by atoms with E-state index in [0.717, 1.165) is 18.8 Å². The zero-order valence-corrected chi connectivity index (χ0v) is 11.8. The van der Waals surface area contributed by atoms with Gasteiger partial charge in [-0.1, -0.05) is 13.8 Å². The molecular formula is C15H22N2O2. The summed E-state index contributed by atoms with van der Waals surface area (Å²) < 4.78 is 4.79. The van der Waals surface area contributed by atoms with Crippen LogP contribution in [0.5, 0.6) is 0 Å². The molecule has 1 saturated carbocycles. The number of anilines is 1. The van der Waals surface area contributed by atoms with Crippen molar-refractivity contribution in [3.8, 4) is 0 Å². The molecule has 2 rings (SSSR count). The first kappa shape index (κ1) is 13.8. The highest BCUT2D eigenvalue weighted by molar-refractivity contribution is 5.94. The molecule has 104 valence electrons. The van der Waals surface area contributed by atoms with Gasteiger partial charge in [-0.05, 0) is 43.2 Å². The Balaban J connectivity index is 2.09. The molecule has 1 aromatic rings. The van der Waals surface area contributed by atoms with Gasteiger partial charge in [-0.3, -0.25) is 0 Å². The molecule has 0 saturated heterocycles. The van der Waals surface area contributed by atoms with Gasteiger partial charge < -0.3 is 10.1 Å². The van der Waals surface area contributed by atoms with E-state index < -0.39 is 0 Å². The summed E-state index contributed by atoms with van der Waals surface area (Å²) in [5.41, 5.74) is 0.510. The van der Waals surface area contributed by atoms with Crippen molar-refractivity contribution in [3.05, 3.63) is 23.9 Å². The van der Waals surface area contributed by atoms with Crippen molar-refractivity contribution in [2.75, 3.05) is 12.4 Å². The van der Waals surface area contributed by atoms with Crippen LogP contribution >= 0.6 is 0 Å². The van der Waals surface area contributed by atoms with Gasteiger partial charge in [-0.2, -0.15) is 0 Å². The van der Waals surface area contributed by atoms with E-state index in [9.17, 15) is 4.79 Å². The van der Waals surface area contributed by atoms with Crippen LogP contribution < -0.4 is 5.32 Å². The fraction of sp³-hybridized carbons (Fsp3) is 0.600. The molecule has 3 atom stereocenters. The zero-order chi connectivity index (χ0) is 13.8. The third kappa shape index (κ3) is 3.25. The number of hydrogen-bond acceptors (Lipinski definition) is 4. The lowest BCUT2D eigenvalue weighted by Gasteiger charge is -2.33. The average Bonchev–Trinajstić information content (AvgIpc) is 2.43. The topological polar surface area (TPSA) is 51.2 Å². The highest BCUT2D eigenvalue weighted by Crippen LogP contribution is 2.31. The molecule has 1 N–H and O–H groups in total. The van der Waals surface area contributed by atoms with Crippen LogP contribution in [0, 0.1) is 11.8 Å². The number of carbonyl (C=O) groups excluding carboxylic acids is 1. The number of ether oxygens (including phenoxy) is 1. The number of rotatable bonds is 3. The number of aromatic nitrogens is 1. The molecule has 0 aliphatic heterocycles. The average molecular weight is 262 g/mol. The Morgan fingerprint density at radius 3 is 2.84 bits per heavy atom. The molecule has 0 amide bonds. The summed E-state index contributed by atoms with van der Waals surface area (Å²) in [6.45, 7) is 4.60. The van der Waals surface area contributed by atoms with Gasteiger partial charge in [0.05, 0.1) is 7.11 Å². The van der Waals surface area contributed by atoms with Crippen molar-refractivity contribution >= 4 is 11.8 Å². The second-order valence-corrected chi connectivity index (χ2v) is 5.50. The van der Waals surface area contributed by atoms with E-state index >= 15 is 0 Å². The summed E-state index contributed by atoms with van der Waals surface area (Å²) in [7, 11) is 1.39. The van der Waals surface area contributed by atoms with Crippen LogP contribution in [0.4, 0.5) is 5.82 Å². The Labute approximate surface area is 114 Å². The van der Waals surface area contributed by atoms with E-state index in [1.165, 1.54) is 13.5 Å². The van der Waals surface area contributed by atoms with E-state index in [-0.39, 0.29) is 5.97 Å². The van der Waals surface area contributed by atoms with Crippen molar-refractivity contribution in [3.63, 3.8) is 0 Å². The van der Waals surface area contributed by atoms with E-state index in [1.54, 1.807) is 18.3 Å². The molecule has 1 heterocycles. The third-order valence-corrected chi connectivity index (χ3v) is 4.15. The Morgan fingerprint density at radius 2 is 2.16 bits per heavy atom. The number of esters is 1. The van der Waals surface area contributed by atoms with Gasteiger partial charge in [0, 0.05) is 12.2 Å². The molecule has 1 fully saturated rings. The van der Waals surface area contributed by atoms with Gasteiger partial charge in [0.25, 0.3) is 0 Å². The Kier molecular flexibility index (Phi) is 4.40. The molecule has 0 radical (unpaired) electrons. The summed E-state index contributed by atoms with van der Waals surface area (Å²) in [5.74, 6) is 1.78. The Hall–Kier alpha value is -1.58. The van der Waals surface area contributed by atoms with Crippen LogP contribution in [0.3, 0.4) is 0 Å². The fourth-order valence-corrected chi connectivity index (χ4v) is 2.67. The summed E-state index contributed by atoms with van der Waals surface area (Å²) in [4.78, 5) is 16.0. The number of nitrogens with one attached hydrogen (secondary N) is 1. The minimum Gasteiger partial charge on any atom is -0.465 e. The summed E-state index contributed by atoms with van der Waals surface area (Å²) in [6.07, 6.45) is 5.17. The van der Waals surface area contributed by atoms with Crippen LogP contribution in [0.2, 0.25) is 0 Å². The predicted octanol–water partition coefficient (Wildman–Crippen LogP) is 3.10. The minimum absolute atomic E-state index is 0.340. The summed E-state index contributed by atoms with van der Waals surface area (Å²) in [5, 5.41) is 3.40. The molecule has 1 aliphatic rings. The monoisotopic (exact) mass is 262 g/mol. The smallest absolute Gasteiger partial charge is 0.341 e. The quantitative estimate of drug-likeness (QED) is 0.850. The van der Waals surface area contributed by atoms with E-state index in [0.29, 0.717) is 23.3 Å². The molecule has 4 heteroatoms. The highest BCUT2D eigenvalue weighted by Gasteiger charge is 2.25. The fourth-order valence-electron chi connectivity index (χ4n) is 2.67. The number of pyridine rings is 1. The lowest BCUT2D eigenvalue weighted by atomic mass is 9.79. The minimum atomic E-state index is -0.340. The summed E-state index contributed by atoms with van der Waals surface area (Å²) >= 11 is 0. The number of methoxy groups -OCH3 is 1. The Bertz CT molecular complexity index is 448. The normalized spacial score (nSPS) is 26.8. The molecule has 1 aliphatic carbocycles. The second kappa shape index (κ2) is 6.04. The van der Waals surface area contributed by atoms with Gasteiger partial charge in [0.2, 0.25) is 0 Å². The number of nitrogens with zero attached hydrogens (tertiary/aromatic N) is 1. The predicted molar refractivity (Wildman–Crippen MR) is 75.2 cm³/mol. The molecular weight excluding hydrogens is 240 g/mol. The van der Waals surface area contributed by atoms with Crippen molar-refractivity contribution in [2.24, 2.45) is 11.8 Å². The molecule has 0 spiro atoms. The number of carbonyl (C=O) groups is 1. The number of hydrogen-bond donors (Lipinski definition) is 1. The first-order valence-corrected chi connectivity index (χ1v) is 6.91. The van der Waals surface area contributed by atoms with Crippen molar-refractivity contribution in [1.82, 2.24) is 4.98 Å². The lowest BCUT2D eigenvalue weighted by molar-refractivity contribution is 0.0601. The van der Waals surface area contributed by atoms with Gasteiger partial charge >= 0.3 is 5.97 Å². The first-order valence-electron chi connectivity index (χ1n) is 6.91. The Morgan fingerprint density at radius 1 is 1.37 bits per heavy atom. The van der Waals surface area contributed by atoms with Crippen LogP contribution in [0.15, 0.2) is 18.3 Å². The van der Waals surface area contributed by atoms with Crippen LogP contribution in [0.25, 0.3) is 0 Å². The molecule has 3 unspecified atom stereocenters. The SMILES string of the molecule is COC(=O)c1cccnc1NC1CCC(C)C(C)C1. The molecule has 4 nitrogen and oxygen atoms in total. The second-order valence-electron chi connectivity index (χ2n) is 5.50. The van der Waals surface area contributed by atoms with E-state index in [4.69, 9.17) is 4.74 Å². The molecule has 0 aromatic carbocycles. The first-order chi connectivity index (χ1) is 9.11. The lowest BCUT2D eigenvalue weighted by Crippen LogP contribution is -2.31. The maximum absolute atomic E-state index is 11.7. The van der Waals surface area contributed by atoms with Crippen LogP contribution in [-0.2, 0) is 4.74 Å². The maximum atomic E-state index is 11.7. The van der Waals surface area contributed by atoms with Crippen molar-refractivity contribution in [1.29, 1.82) is 0 Å². The van der Waals surface area contributed by atoms with Gasteiger partial charge in [0.15, 0.2) is 0 Å². The van der Waals surface area contributed by atoms with E-state index in [2.05, 4.69) is 24.1 Å².